The van der Waals surface area contributed by atoms with Crippen LogP contribution in [0.3, 0.4) is 0 Å². The Bertz CT molecular complexity index is 298. The summed E-state index contributed by atoms with van der Waals surface area (Å²) < 4.78 is 5.26. The normalized spacial score (nSPS) is 11.1. The molecule has 122 valence electrons. The highest BCUT2D eigenvalue weighted by Crippen LogP contribution is 2.09. The zero-order valence-electron chi connectivity index (χ0n) is 13.8. The third kappa shape index (κ3) is 11.5. The van der Waals surface area contributed by atoms with Gasteiger partial charge < -0.3 is 15.1 Å². The third-order valence-electron chi connectivity index (χ3n) is 3.81. The van der Waals surface area contributed by atoms with Crippen LogP contribution < -0.4 is 10.6 Å². The van der Waals surface area contributed by atoms with Gasteiger partial charge in [-0.2, -0.15) is 0 Å². The van der Waals surface area contributed by atoms with Crippen LogP contribution in [0.4, 0.5) is 0 Å². The first kappa shape index (κ1) is 18.2. The predicted octanol–water partition coefficient (Wildman–Crippen LogP) is 4.49. The first-order valence-electron chi connectivity index (χ1n) is 8.87. The van der Waals surface area contributed by atoms with E-state index in [2.05, 4.69) is 17.6 Å². The highest BCUT2D eigenvalue weighted by molar-refractivity contribution is 4.97. The lowest BCUT2D eigenvalue weighted by atomic mass is 10.1. The lowest BCUT2D eigenvalue weighted by Crippen LogP contribution is -2.27. The van der Waals surface area contributed by atoms with E-state index in [-0.39, 0.29) is 0 Å². The maximum Gasteiger partial charge on any atom is 0.117 e. The van der Waals surface area contributed by atoms with Gasteiger partial charge in [-0.25, -0.2) is 0 Å². The second-order valence-electron chi connectivity index (χ2n) is 5.83. The van der Waals surface area contributed by atoms with Gasteiger partial charge >= 0.3 is 0 Å². The van der Waals surface area contributed by atoms with Gasteiger partial charge in [0.25, 0.3) is 0 Å². The minimum Gasteiger partial charge on any atom is -0.468 e. The summed E-state index contributed by atoms with van der Waals surface area (Å²) in [6.45, 7) is 6.29. The van der Waals surface area contributed by atoms with E-state index in [4.69, 9.17) is 4.42 Å². The van der Waals surface area contributed by atoms with Crippen molar-refractivity contribution in [3.63, 3.8) is 0 Å². The van der Waals surface area contributed by atoms with E-state index in [1.807, 2.05) is 12.1 Å². The Balaban J connectivity index is 1.69. The van der Waals surface area contributed by atoms with Crippen LogP contribution in [0.5, 0.6) is 0 Å². The van der Waals surface area contributed by atoms with Crippen molar-refractivity contribution in [3.05, 3.63) is 24.2 Å². The van der Waals surface area contributed by atoms with Gasteiger partial charge in [0.2, 0.25) is 0 Å². The number of hydrogen-bond donors (Lipinski definition) is 2. The molecule has 0 saturated carbocycles. The van der Waals surface area contributed by atoms with Crippen LogP contribution in [0.2, 0.25) is 0 Å². The van der Waals surface area contributed by atoms with E-state index >= 15 is 0 Å². The monoisotopic (exact) mass is 294 g/mol. The van der Waals surface area contributed by atoms with Crippen LogP contribution >= 0.6 is 0 Å². The molecular formula is C18H34N2O. The molecule has 1 aromatic heterocycles. The molecule has 0 spiro atoms. The predicted molar refractivity (Wildman–Crippen MR) is 90.5 cm³/mol. The van der Waals surface area contributed by atoms with Gasteiger partial charge in [0.15, 0.2) is 0 Å². The van der Waals surface area contributed by atoms with Crippen molar-refractivity contribution < 1.29 is 4.42 Å². The van der Waals surface area contributed by atoms with Gasteiger partial charge in [0.1, 0.15) is 5.76 Å². The summed E-state index contributed by atoms with van der Waals surface area (Å²) in [5.74, 6) is 1.01. The fourth-order valence-corrected chi connectivity index (χ4v) is 2.49. The highest BCUT2D eigenvalue weighted by atomic mass is 16.3. The van der Waals surface area contributed by atoms with Crippen LogP contribution in [-0.2, 0) is 6.54 Å². The SMILES string of the molecule is CCCCCCCCCCCNCCNCc1ccco1. The first-order chi connectivity index (χ1) is 10.4. The summed E-state index contributed by atoms with van der Waals surface area (Å²) in [4.78, 5) is 0. The molecule has 0 fully saturated rings. The highest BCUT2D eigenvalue weighted by Gasteiger charge is 1.94. The molecule has 0 unspecified atom stereocenters. The van der Waals surface area contributed by atoms with E-state index in [1.54, 1.807) is 6.26 Å². The van der Waals surface area contributed by atoms with Crippen molar-refractivity contribution in [2.45, 2.75) is 71.3 Å². The summed E-state index contributed by atoms with van der Waals surface area (Å²) in [6.07, 6.45) is 14.3. The molecule has 3 heteroatoms. The molecule has 0 aliphatic rings. The Labute approximate surface area is 130 Å². The lowest BCUT2D eigenvalue weighted by molar-refractivity contribution is 0.478. The van der Waals surface area contributed by atoms with Crippen molar-refractivity contribution in [1.82, 2.24) is 10.6 Å². The Hall–Kier alpha value is -0.800. The van der Waals surface area contributed by atoms with Gasteiger partial charge in [-0.15, -0.1) is 0 Å². The number of furan rings is 1. The van der Waals surface area contributed by atoms with Crippen molar-refractivity contribution in [3.8, 4) is 0 Å². The fraction of sp³-hybridized carbons (Fsp3) is 0.778. The molecule has 0 aliphatic heterocycles. The Morgan fingerprint density at radius 1 is 0.810 bits per heavy atom. The van der Waals surface area contributed by atoms with Gasteiger partial charge in [-0.3, -0.25) is 0 Å². The van der Waals surface area contributed by atoms with Gasteiger partial charge in [0.05, 0.1) is 12.8 Å². The second kappa shape index (κ2) is 14.2. The van der Waals surface area contributed by atoms with Crippen LogP contribution in [0.25, 0.3) is 0 Å². The molecule has 0 aromatic carbocycles. The largest absolute Gasteiger partial charge is 0.468 e. The maximum atomic E-state index is 5.26. The third-order valence-corrected chi connectivity index (χ3v) is 3.81. The van der Waals surface area contributed by atoms with E-state index < -0.39 is 0 Å². The van der Waals surface area contributed by atoms with Crippen LogP contribution in [0, 0.1) is 0 Å². The van der Waals surface area contributed by atoms with Gasteiger partial charge in [-0.1, -0.05) is 58.3 Å². The van der Waals surface area contributed by atoms with Crippen LogP contribution in [0.1, 0.15) is 70.5 Å². The summed E-state index contributed by atoms with van der Waals surface area (Å²) in [5.41, 5.74) is 0. The molecule has 1 heterocycles. The van der Waals surface area contributed by atoms with Crippen molar-refractivity contribution in [1.29, 1.82) is 0 Å². The summed E-state index contributed by atoms with van der Waals surface area (Å²) in [6, 6.07) is 3.93. The molecule has 0 saturated heterocycles. The molecule has 0 bridgehead atoms. The summed E-state index contributed by atoms with van der Waals surface area (Å²) >= 11 is 0. The average molecular weight is 294 g/mol. The van der Waals surface area contributed by atoms with Crippen LogP contribution in [0.15, 0.2) is 22.8 Å². The Morgan fingerprint density at radius 2 is 1.48 bits per heavy atom. The molecule has 21 heavy (non-hydrogen) atoms. The standard InChI is InChI=1S/C18H34N2O/c1-2-3-4-5-6-7-8-9-10-13-19-14-15-20-17-18-12-11-16-21-18/h11-12,16,19-20H,2-10,13-15,17H2,1H3. The van der Waals surface area contributed by atoms with Gasteiger partial charge in [-0.05, 0) is 25.1 Å². The second-order valence-corrected chi connectivity index (χ2v) is 5.83. The number of hydrogen-bond acceptors (Lipinski definition) is 3. The number of nitrogens with one attached hydrogen (secondary N) is 2. The van der Waals surface area contributed by atoms with Crippen molar-refractivity contribution >= 4 is 0 Å². The molecule has 1 rings (SSSR count). The zero-order valence-corrected chi connectivity index (χ0v) is 13.8. The molecule has 0 amide bonds. The first-order valence-corrected chi connectivity index (χ1v) is 8.87. The minimum atomic E-state index is 0.826. The van der Waals surface area contributed by atoms with E-state index in [9.17, 15) is 0 Å². The summed E-state index contributed by atoms with van der Waals surface area (Å²) in [7, 11) is 0. The lowest BCUT2D eigenvalue weighted by Gasteiger charge is -2.06. The van der Waals surface area contributed by atoms with E-state index in [1.165, 1.54) is 57.8 Å². The Kier molecular flexibility index (Phi) is 12.3. The molecule has 3 nitrogen and oxygen atoms in total. The molecule has 0 radical (unpaired) electrons. The smallest absolute Gasteiger partial charge is 0.117 e. The number of rotatable bonds is 15. The zero-order chi connectivity index (χ0) is 15.0. The fourth-order valence-electron chi connectivity index (χ4n) is 2.49. The minimum absolute atomic E-state index is 0.826. The Morgan fingerprint density at radius 3 is 2.14 bits per heavy atom. The van der Waals surface area contributed by atoms with Crippen molar-refractivity contribution in [2.24, 2.45) is 0 Å². The number of unbranched alkanes of at least 4 members (excludes halogenated alkanes) is 8. The van der Waals surface area contributed by atoms with E-state index in [0.717, 1.165) is 31.9 Å². The van der Waals surface area contributed by atoms with E-state index in [0.29, 0.717) is 0 Å². The molecular weight excluding hydrogens is 260 g/mol. The van der Waals surface area contributed by atoms with Crippen LogP contribution in [-0.4, -0.2) is 19.6 Å². The quantitative estimate of drug-likeness (QED) is 0.468. The molecule has 2 N–H and O–H groups in total. The van der Waals surface area contributed by atoms with Gasteiger partial charge in [0, 0.05) is 13.1 Å². The molecule has 0 aliphatic carbocycles. The molecule has 0 atom stereocenters. The average Bonchev–Trinajstić information content (AvgIpc) is 3.01. The summed E-state index contributed by atoms with van der Waals surface area (Å²) in [5, 5.41) is 6.86. The topological polar surface area (TPSA) is 37.2 Å². The maximum absolute atomic E-state index is 5.26. The molecule has 1 aromatic rings. The van der Waals surface area contributed by atoms with Crippen molar-refractivity contribution in [2.75, 3.05) is 19.6 Å².